The molecule has 3 N–H and O–H groups in total. The topological polar surface area (TPSA) is 81.7 Å². The number of aliphatic hydroxyl groups is 1. The lowest BCUT2D eigenvalue weighted by Crippen LogP contribution is -2.56. The summed E-state index contributed by atoms with van der Waals surface area (Å²) in [6, 6.07) is 14.6. The maximum Gasteiger partial charge on any atom is 0.471 e. The third-order valence-electron chi connectivity index (χ3n) is 6.35. The van der Waals surface area contributed by atoms with Crippen molar-refractivity contribution in [3.63, 3.8) is 0 Å². The number of alkyl halides is 3. The molecule has 36 heavy (non-hydrogen) atoms. The standard InChI is InChI=1S/C26H32F3N3O3S/c1-17-9-7-8-12-19(17)14-30-23(34)22-25(2,3)36-16-32(22)15-21(33)20(31-24(35)26(27,28)29)13-18-10-5-4-6-11-18/h4-12,20-22,33H,13-16H2,1-3H3,(H,30,34)(H,31,35)/t20-,21+,22+/m0/s1. The Kier molecular flexibility index (Phi) is 9.08. The highest BCUT2D eigenvalue weighted by Crippen LogP contribution is 2.39. The fourth-order valence-corrected chi connectivity index (χ4v) is 5.51. The van der Waals surface area contributed by atoms with Crippen molar-refractivity contribution in [1.82, 2.24) is 15.5 Å². The number of carbonyl (C=O) groups is 2. The largest absolute Gasteiger partial charge is 0.471 e. The smallest absolute Gasteiger partial charge is 0.390 e. The Balaban J connectivity index is 1.73. The van der Waals surface area contributed by atoms with Gasteiger partial charge in [-0.25, -0.2) is 0 Å². The summed E-state index contributed by atoms with van der Waals surface area (Å²) in [5.41, 5.74) is 2.71. The molecule has 2 amide bonds. The SMILES string of the molecule is Cc1ccccc1CNC(=O)[C@H]1N(C[C@@H](O)[C@H](Cc2ccccc2)NC(=O)C(F)(F)F)CSC1(C)C. The lowest BCUT2D eigenvalue weighted by molar-refractivity contribution is -0.175. The number of nitrogens with one attached hydrogen (secondary N) is 2. The highest BCUT2D eigenvalue weighted by atomic mass is 32.2. The van der Waals surface area contributed by atoms with Crippen LogP contribution >= 0.6 is 11.8 Å². The lowest BCUT2D eigenvalue weighted by Gasteiger charge is -2.33. The minimum atomic E-state index is -5.07. The second-order valence-corrected chi connectivity index (χ2v) is 11.1. The van der Waals surface area contributed by atoms with Gasteiger partial charge in [0.05, 0.1) is 12.1 Å². The summed E-state index contributed by atoms with van der Waals surface area (Å²) < 4.78 is 38.5. The van der Waals surface area contributed by atoms with Gasteiger partial charge in [-0.2, -0.15) is 13.2 Å². The second-order valence-electron chi connectivity index (χ2n) is 9.53. The van der Waals surface area contributed by atoms with Crippen LogP contribution in [0.25, 0.3) is 0 Å². The van der Waals surface area contributed by atoms with E-state index in [-0.39, 0.29) is 18.9 Å². The fourth-order valence-electron chi connectivity index (χ4n) is 4.34. The third-order valence-corrected chi connectivity index (χ3v) is 7.78. The van der Waals surface area contributed by atoms with Crippen LogP contribution in [0.2, 0.25) is 0 Å². The molecule has 2 aromatic carbocycles. The molecular weight excluding hydrogens is 491 g/mol. The van der Waals surface area contributed by atoms with E-state index in [2.05, 4.69) is 5.32 Å². The van der Waals surface area contributed by atoms with E-state index in [9.17, 15) is 27.9 Å². The highest BCUT2D eigenvalue weighted by molar-refractivity contribution is 8.00. The summed E-state index contributed by atoms with van der Waals surface area (Å²) in [5.74, 6) is -1.91. The first-order chi connectivity index (χ1) is 16.9. The van der Waals surface area contributed by atoms with Gasteiger partial charge in [0.15, 0.2) is 0 Å². The van der Waals surface area contributed by atoms with Crippen LogP contribution in [0.1, 0.15) is 30.5 Å². The molecule has 1 fully saturated rings. The van der Waals surface area contributed by atoms with E-state index in [1.807, 2.05) is 50.4 Å². The van der Waals surface area contributed by atoms with Crippen molar-refractivity contribution >= 4 is 23.6 Å². The van der Waals surface area contributed by atoms with Crippen molar-refractivity contribution in [3.05, 3.63) is 71.3 Å². The Labute approximate surface area is 213 Å². The number of thioether (sulfide) groups is 1. The number of hydrogen-bond acceptors (Lipinski definition) is 5. The molecule has 1 aliphatic rings. The Morgan fingerprint density at radius 3 is 2.42 bits per heavy atom. The molecule has 0 bridgehead atoms. The number of halogens is 3. The van der Waals surface area contributed by atoms with Crippen LogP contribution < -0.4 is 10.6 Å². The average Bonchev–Trinajstić information content (AvgIpc) is 3.11. The summed E-state index contributed by atoms with van der Waals surface area (Å²) >= 11 is 1.53. The van der Waals surface area contributed by atoms with Gasteiger partial charge >= 0.3 is 12.1 Å². The molecule has 1 heterocycles. The number of carbonyl (C=O) groups excluding carboxylic acids is 2. The molecule has 3 atom stereocenters. The Morgan fingerprint density at radius 2 is 1.78 bits per heavy atom. The average molecular weight is 524 g/mol. The van der Waals surface area contributed by atoms with E-state index in [0.717, 1.165) is 11.1 Å². The van der Waals surface area contributed by atoms with Gasteiger partial charge in [0.2, 0.25) is 5.91 Å². The number of aliphatic hydroxyl groups excluding tert-OH is 1. The molecular formula is C26H32F3N3O3S. The van der Waals surface area contributed by atoms with Crippen LogP contribution in [0, 0.1) is 6.92 Å². The predicted molar refractivity (Wildman–Crippen MR) is 134 cm³/mol. The molecule has 0 aliphatic carbocycles. The van der Waals surface area contributed by atoms with Crippen molar-refractivity contribution in [2.75, 3.05) is 12.4 Å². The van der Waals surface area contributed by atoms with Gasteiger partial charge in [-0.3, -0.25) is 14.5 Å². The van der Waals surface area contributed by atoms with Crippen LogP contribution in [0.5, 0.6) is 0 Å². The van der Waals surface area contributed by atoms with E-state index < -0.39 is 35.0 Å². The summed E-state index contributed by atoms with van der Waals surface area (Å²) in [4.78, 5) is 26.7. The Hall–Kier alpha value is -2.56. The van der Waals surface area contributed by atoms with Crippen molar-refractivity contribution in [2.45, 2.75) is 62.8 Å². The molecule has 10 heteroatoms. The van der Waals surface area contributed by atoms with Crippen LogP contribution in [0.15, 0.2) is 54.6 Å². The van der Waals surface area contributed by atoms with E-state index >= 15 is 0 Å². The quantitative estimate of drug-likeness (QED) is 0.470. The summed E-state index contributed by atoms with van der Waals surface area (Å²) in [6.45, 7) is 6.08. The monoisotopic (exact) mass is 523 g/mol. The number of β-amino-alcohol motifs (C(OH)–C–C–N with tert-alkyl or cyclic N) is 1. The van der Waals surface area contributed by atoms with Crippen LogP contribution in [0.4, 0.5) is 13.2 Å². The minimum Gasteiger partial charge on any atom is -0.390 e. The number of nitrogens with zero attached hydrogens (tertiary/aromatic N) is 1. The zero-order valence-electron chi connectivity index (χ0n) is 20.5. The zero-order chi connectivity index (χ0) is 26.5. The molecule has 0 spiro atoms. The van der Waals surface area contributed by atoms with Crippen LogP contribution in [0.3, 0.4) is 0 Å². The number of amides is 2. The van der Waals surface area contributed by atoms with E-state index in [1.165, 1.54) is 11.8 Å². The molecule has 1 aliphatic heterocycles. The molecule has 3 rings (SSSR count). The van der Waals surface area contributed by atoms with Gasteiger partial charge in [0.1, 0.15) is 6.04 Å². The van der Waals surface area contributed by atoms with Gasteiger partial charge < -0.3 is 15.7 Å². The third kappa shape index (κ3) is 7.24. The molecule has 1 saturated heterocycles. The lowest BCUT2D eigenvalue weighted by atomic mass is 9.97. The fraction of sp³-hybridized carbons (Fsp3) is 0.462. The van der Waals surface area contributed by atoms with Gasteiger partial charge in [-0.1, -0.05) is 54.6 Å². The van der Waals surface area contributed by atoms with Crippen molar-refractivity contribution in [3.8, 4) is 0 Å². The molecule has 0 unspecified atom stereocenters. The van der Waals surface area contributed by atoms with E-state index in [1.54, 1.807) is 35.2 Å². The molecule has 0 saturated carbocycles. The maximum atomic E-state index is 13.2. The number of benzene rings is 2. The minimum absolute atomic E-state index is 0.0123. The molecule has 0 radical (unpaired) electrons. The number of rotatable bonds is 9. The maximum absolute atomic E-state index is 13.2. The Bertz CT molecular complexity index is 1050. The molecule has 2 aromatic rings. The first-order valence-electron chi connectivity index (χ1n) is 11.7. The van der Waals surface area contributed by atoms with E-state index in [0.29, 0.717) is 18.0 Å². The van der Waals surface area contributed by atoms with Gasteiger partial charge in [-0.05, 0) is 43.9 Å². The highest BCUT2D eigenvalue weighted by Gasteiger charge is 2.47. The van der Waals surface area contributed by atoms with Crippen molar-refractivity contribution in [1.29, 1.82) is 0 Å². The second kappa shape index (κ2) is 11.7. The molecule has 196 valence electrons. The van der Waals surface area contributed by atoms with Crippen molar-refractivity contribution < 1.29 is 27.9 Å². The van der Waals surface area contributed by atoms with E-state index in [4.69, 9.17) is 0 Å². The summed E-state index contributed by atoms with van der Waals surface area (Å²) in [6.07, 6.45) is -6.39. The molecule has 0 aromatic heterocycles. The van der Waals surface area contributed by atoms with Crippen molar-refractivity contribution in [2.24, 2.45) is 0 Å². The van der Waals surface area contributed by atoms with Gasteiger partial charge in [-0.15, -0.1) is 11.8 Å². The van der Waals surface area contributed by atoms with Crippen LogP contribution in [-0.4, -0.2) is 63.4 Å². The predicted octanol–water partition coefficient (Wildman–Crippen LogP) is 3.42. The number of hydrogen-bond donors (Lipinski definition) is 3. The molecule has 6 nitrogen and oxygen atoms in total. The normalized spacial score (nSPS) is 19.5. The van der Waals surface area contributed by atoms with Crippen LogP contribution in [-0.2, 0) is 22.6 Å². The van der Waals surface area contributed by atoms with Gasteiger partial charge in [0, 0.05) is 23.7 Å². The van der Waals surface area contributed by atoms with Gasteiger partial charge in [0.25, 0.3) is 0 Å². The summed E-state index contributed by atoms with van der Waals surface area (Å²) in [5, 5.41) is 15.9. The Morgan fingerprint density at radius 1 is 1.14 bits per heavy atom. The zero-order valence-corrected chi connectivity index (χ0v) is 21.3. The number of aryl methyl sites for hydroxylation is 1. The summed E-state index contributed by atoms with van der Waals surface area (Å²) in [7, 11) is 0. The first-order valence-corrected chi connectivity index (χ1v) is 12.7. The first kappa shape index (κ1) is 28.0.